The maximum atomic E-state index is 13.6. The number of piperidine rings is 1. The summed E-state index contributed by atoms with van der Waals surface area (Å²) < 4.78 is 1.59. The second kappa shape index (κ2) is 9.61. The number of aromatic nitrogens is 2. The quantitative estimate of drug-likeness (QED) is 0.623. The van der Waals surface area contributed by atoms with E-state index in [0.717, 1.165) is 29.5 Å². The molecule has 1 atom stereocenters. The van der Waals surface area contributed by atoms with Gasteiger partial charge < -0.3 is 10.2 Å². The summed E-state index contributed by atoms with van der Waals surface area (Å²) in [6.45, 7) is 4.98. The molecule has 1 aromatic heterocycles. The molecule has 2 aromatic carbocycles. The van der Waals surface area contributed by atoms with Gasteiger partial charge in [-0.25, -0.2) is 0 Å². The van der Waals surface area contributed by atoms with Gasteiger partial charge in [-0.1, -0.05) is 54.6 Å². The lowest BCUT2D eigenvalue weighted by molar-refractivity contribution is -0.134. The molecule has 1 aliphatic heterocycles. The first-order chi connectivity index (χ1) is 15.9. The highest BCUT2D eigenvalue weighted by Crippen LogP contribution is 2.37. The van der Waals surface area contributed by atoms with Crippen LogP contribution in [0.5, 0.6) is 0 Å². The van der Waals surface area contributed by atoms with Crippen molar-refractivity contribution in [1.82, 2.24) is 20.0 Å². The van der Waals surface area contributed by atoms with Crippen molar-refractivity contribution in [2.24, 2.45) is 12.5 Å². The molecule has 6 heteroatoms. The van der Waals surface area contributed by atoms with Gasteiger partial charge in [-0.15, -0.1) is 0 Å². The van der Waals surface area contributed by atoms with Gasteiger partial charge in [0.15, 0.2) is 0 Å². The average Bonchev–Trinajstić information content (AvgIpc) is 3.25. The molecular weight excluding hydrogens is 412 g/mol. The predicted molar refractivity (Wildman–Crippen MR) is 130 cm³/mol. The molecule has 6 nitrogen and oxygen atoms in total. The van der Waals surface area contributed by atoms with Gasteiger partial charge in [0.1, 0.15) is 5.69 Å². The van der Waals surface area contributed by atoms with Crippen molar-refractivity contribution in [2.75, 3.05) is 13.1 Å². The van der Waals surface area contributed by atoms with Gasteiger partial charge in [-0.3, -0.25) is 14.3 Å². The van der Waals surface area contributed by atoms with Crippen LogP contribution >= 0.6 is 0 Å². The van der Waals surface area contributed by atoms with E-state index in [1.54, 1.807) is 24.0 Å². The van der Waals surface area contributed by atoms with Crippen molar-refractivity contribution in [3.63, 3.8) is 0 Å². The molecule has 1 N–H and O–H groups in total. The number of rotatable bonds is 6. The van der Waals surface area contributed by atoms with Gasteiger partial charge >= 0.3 is 0 Å². The number of nitrogens with one attached hydrogen (secondary N) is 1. The first-order valence-corrected chi connectivity index (χ1v) is 11.6. The van der Waals surface area contributed by atoms with Crippen LogP contribution in [0.2, 0.25) is 0 Å². The van der Waals surface area contributed by atoms with Crippen molar-refractivity contribution in [3.05, 3.63) is 78.1 Å². The van der Waals surface area contributed by atoms with Crippen LogP contribution in [0, 0.1) is 5.41 Å². The molecule has 1 aliphatic rings. The maximum absolute atomic E-state index is 13.6. The minimum Gasteiger partial charge on any atom is -0.353 e. The molecule has 1 fully saturated rings. The zero-order valence-electron chi connectivity index (χ0n) is 19.6. The van der Waals surface area contributed by atoms with E-state index in [2.05, 4.69) is 34.7 Å². The largest absolute Gasteiger partial charge is 0.353 e. The molecule has 3 aromatic rings. The molecule has 4 rings (SSSR count). The van der Waals surface area contributed by atoms with Gasteiger partial charge in [0, 0.05) is 32.4 Å². The second-order valence-corrected chi connectivity index (χ2v) is 9.28. The van der Waals surface area contributed by atoms with Crippen LogP contribution in [0.25, 0.3) is 11.1 Å². The minimum absolute atomic E-state index is 0.0165. The Morgan fingerprint density at radius 3 is 2.48 bits per heavy atom. The first kappa shape index (κ1) is 22.8. The summed E-state index contributed by atoms with van der Waals surface area (Å²) in [6.07, 6.45) is 3.73. The van der Waals surface area contributed by atoms with Gasteiger partial charge in [0.05, 0.1) is 5.41 Å². The third-order valence-corrected chi connectivity index (χ3v) is 6.44. The van der Waals surface area contributed by atoms with Crippen LogP contribution in [0.15, 0.2) is 66.9 Å². The monoisotopic (exact) mass is 444 g/mol. The molecule has 0 spiro atoms. The first-order valence-electron chi connectivity index (χ1n) is 11.6. The fourth-order valence-electron chi connectivity index (χ4n) is 4.81. The standard InChI is InChI=1S/C27H32N4O2/c1-20(2)29-26(33)27(15-9-17-31(19-27)25(32)24-14-16-28-30(24)3)18-22-12-7-8-13-23(22)21-10-5-4-6-11-21/h4-8,10-14,16,20H,9,15,17-19H2,1-3H3,(H,29,33). The van der Waals surface area contributed by atoms with E-state index < -0.39 is 5.41 Å². The van der Waals surface area contributed by atoms with Crippen molar-refractivity contribution in [3.8, 4) is 11.1 Å². The molecular formula is C27H32N4O2. The number of carbonyl (C=O) groups excluding carboxylic acids is 2. The van der Waals surface area contributed by atoms with Crippen LogP contribution in [-0.4, -0.2) is 45.6 Å². The Labute approximate surface area is 195 Å². The topological polar surface area (TPSA) is 67.2 Å². The van der Waals surface area contributed by atoms with Crippen LogP contribution < -0.4 is 5.32 Å². The summed E-state index contributed by atoms with van der Waals surface area (Å²) in [7, 11) is 1.77. The number of amides is 2. The third kappa shape index (κ3) is 4.85. The normalized spacial score (nSPS) is 18.4. The maximum Gasteiger partial charge on any atom is 0.272 e. The van der Waals surface area contributed by atoms with E-state index in [1.807, 2.05) is 49.1 Å². The highest BCUT2D eigenvalue weighted by molar-refractivity contribution is 5.93. The number of hydrogen-bond acceptors (Lipinski definition) is 3. The van der Waals surface area contributed by atoms with Gasteiger partial charge in [0.25, 0.3) is 5.91 Å². The average molecular weight is 445 g/mol. The van der Waals surface area contributed by atoms with Crippen LogP contribution in [0.3, 0.4) is 0 Å². The minimum atomic E-state index is -0.693. The molecule has 1 saturated heterocycles. The van der Waals surface area contributed by atoms with Crippen LogP contribution in [0.1, 0.15) is 42.7 Å². The number of aryl methyl sites for hydroxylation is 1. The Balaban J connectivity index is 1.70. The Hall–Kier alpha value is -3.41. The number of carbonyl (C=O) groups is 2. The van der Waals surface area contributed by atoms with E-state index in [4.69, 9.17) is 0 Å². The zero-order chi connectivity index (χ0) is 23.4. The lowest BCUT2D eigenvalue weighted by Crippen LogP contribution is -2.55. The molecule has 2 heterocycles. The third-order valence-electron chi connectivity index (χ3n) is 6.44. The number of likely N-dealkylation sites (tertiary alicyclic amines) is 1. The van der Waals surface area contributed by atoms with E-state index in [9.17, 15) is 9.59 Å². The number of nitrogens with zero attached hydrogens (tertiary/aromatic N) is 3. The van der Waals surface area contributed by atoms with E-state index in [1.165, 1.54) is 0 Å². The molecule has 0 bridgehead atoms. The number of hydrogen-bond donors (Lipinski definition) is 1. The summed E-state index contributed by atoms with van der Waals surface area (Å²) in [5.41, 5.74) is 3.23. The molecule has 0 radical (unpaired) electrons. The van der Waals surface area contributed by atoms with Crippen LogP contribution in [-0.2, 0) is 18.3 Å². The van der Waals surface area contributed by atoms with Gasteiger partial charge in [-0.05, 0) is 55.9 Å². The lowest BCUT2D eigenvalue weighted by Gasteiger charge is -2.42. The highest BCUT2D eigenvalue weighted by Gasteiger charge is 2.44. The Morgan fingerprint density at radius 1 is 1.06 bits per heavy atom. The summed E-state index contributed by atoms with van der Waals surface area (Å²) in [5, 5.41) is 7.29. The summed E-state index contributed by atoms with van der Waals surface area (Å²) in [4.78, 5) is 28.8. The molecule has 1 unspecified atom stereocenters. The van der Waals surface area contributed by atoms with E-state index in [0.29, 0.717) is 25.2 Å². The Morgan fingerprint density at radius 2 is 1.79 bits per heavy atom. The fraction of sp³-hybridized carbons (Fsp3) is 0.370. The van der Waals surface area contributed by atoms with Gasteiger partial charge in [0.2, 0.25) is 5.91 Å². The number of benzene rings is 2. The lowest BCUT2D eigenvalue weighted by atomic mass is 9.73. The predicted octanol–water partition coefficient (Wildman–Crippen LogP) is 4.08. The highest BCUT2D eigenvalue weighted by atomic mass is 16.2. The van der Waals surface area contributed by atoms with Gasteiger partial charge in [-0.2, -0.15) is 5.10 Å². The molecule has 33 heavy (non-hydrogen) atoms. The van der Waals surface area contributed by atoms with E-state index >= 15 is 0 Å². The Bertz CT molecular complexity index is 1120. The fourth-order valence-corrected chi connectivity index (χ4v) is 4.81. The van der Waals surface area contributed by atoms with Crippen LogP contribution in [0.4, 0.5) is 0 Å². The summed E-state index contributed by atoms with van der Waals surface area (Å²) >= 11 is 0. The zero-order valence-corrected chi connectivity index (χ0v) is 19.6. The molecule has 0 aliphatic carbocycles. The SMILES string of the molecule is CC(C)NC(=O)C1(Cc2ccccc2-c2ccccc2)CCCN(C(=O)c2ccnn2C)C1. The second-order valence-electron chi connectivity index (χ2n) is 9.28. The van der Waals surface area contributed by atoms with E-state index in [-0.39, 0.29) is 17.9 Å². The van der Waals surface area contributed by atoms with Crippen molar-refractivity contribution < 1.29 is 9.59 Å². The van der Waals surface area contributed by atoms with Crippen molar-refractivity contribution >= 4 is 11.8 Å². The van der Waals surface area contributed by atoms with Crippen molar-refractivity contribution in [1.29, 1.82) is 0 Å². The summed E-state index contributed by atoms with van der Waals surface area (Å²) in [6, 6.07) is 20.3. The molecule has 0 saturated carbocycles. The molecule has 2 amide bonds. The smallest absolute Gasteiger partial charge is 0.272 e. The summed E-state index contributed by atoms with van der Waals surface area (Å²) in [5.74, 6) is -0.0596. The van der Waals surface area contributed by atoms with Crippen molar-refractivity contribution in [2.45, 2.75) is 39.2 Å². The Kier molecular flexibility index (Phi) is 6.63. The molecule has 172 valence electrons.